The molecule has 0 spiro atoms. The lowest BCUT2D eigenvalue weighted by atomic mass is 9.89. The molecule has 0 bridgehead atoms. The number of halogens is 1. The van der Waals surface area contributed by atoms with Gasteiger partial charge in [0.2, 0.25) is 0 Å². The minimum absolute atomic E-state index is 0.319. The molecule has 0 radical (unpaired) electrons. The van der Waals surface area contributed by atoms with Crippen molar-refractivity contribution < 1.29 is 9.53 Å². The molecule has 0 aromatic carbocycles. The molecule has 1 aromatic rings. The first-order valence-electron chi connectivity index (χ1n) is 9.77. The zero-order valence-electron chi connectivity index (χ0n) is 16.7. The van der Waals surface area contributed by atoms with E-state index in [0.29, 0.717) is 29.0 Å². The molecule has 0 saturated carbocycles. The van der Waals surface area contributed by atoms with Crippen molar-refractivity contribution >= 4 is 17.9 Å². The number of nitrogens with zero attached hydrogens (tertiary/aromatic N) is 2. The van der Waals surface area contributed by atoms with Gasteiger partial charge in [-0.3, -0.25) is 9.78 Å². The average molecular weight is 392 g/mol. The fourth-order valence-electron chi connectivity index (χ4n) is 3.41. The van der Waals surface area contributed by atoms with E-state index >= 15 is 0 Å². The van der Waals surface area contributed by atoms with Crippen LogP contribution in [0.25, 0.3) is 0 Å². The van der Waals surface area contributed by atoms with Crippen LogP contribution in [0.3, 0.4) is 0 Å². The van der Waals surface area contributed by atoms with Gasteiger partial charge in [-0.05, 0) is 56.8 Å². The van der Waals surface area contributed by atoms with E-state index in [1.54, 1.807) is 6.20 Å². The highest BCUT2D eigenvalue weighted by Gasteiger charge is 2.25. The molecule has 2 heterocycles. The fraction of sp³-hybridized carbons (Fsp3) is 0.524. The highest BCUT2D eigenvalue weighted by molar-refractivity contribution is 6.33. The third kappa shape index (κ3) is 5.11. The van der Waals surface area contributed by atoms with Crippen LogP contribution >= 0.6 is 11.6 Å². The summed E-state index contributed by atoms with van der Waals surface area (Å²) >= 11 is 6.03. The molecule has 27 heavy (non-hydrogen) atoms. The summed E-state index contributed by atoms with van der Waals surface area (Å²) in [4.78, 5) is 15.3. The summed E-state index contributed by atoms with van der Waals surface area (Å²) < 4.78 is 5.93. The van der Waals surface area contributed by atoms with Gasteiger partial charge in [-0.1, -0.05) is 25.4 Å². The Kier molecular flexibility index (Phi) is 8.32. The van der Waals surface area contributed by atoms with Gasteiger partial charge in [0, 0.05) is 18.8 Å². The minimum Gasteiger partial charge on any atom is -0.487 e. The Balaban J connectivity index is 0.00000126. The Morgan fingerprint density at radius 2 is 2.04 bits per heavy atom. The summed E-state index contributed by atoms with van der Waals surface area (Å²) in [7, 11) is 0. The largest absolute Gasteiger partial charge is 0.487 e. The van der Waals surface area contributed by atoms with Crippen molar-refractivity contribution in [1.82, 2.24) is 15.4 Å². The topological polar surface area (TPSA) is 54.5 Å². The van der Waals surface area contributed by atoms with Crippen molar-refractivity contribution in [2.24, 2.45) is 0 Å². The van der Waals surface area contributed by atoms with Crippen LogP contribution in [0.5, 0.6) is 5.75 Å². The molecule has 0 amide bonds. The smallest absolute Gasteiger partial charge is 0.155 e. The summed E-state index contributed by atoms with van der Waals surface area (Å²) in [5, 5.41) is 2.55. The van der Waals surface area contributed by atoms with E-state index < -0.39 is 0 Å². The molecule has 148 valence electrons. The van der Waals surface area contributed by atoms with Crippen LogP contribution in [-0.4, -0.2) is 35.5 Å². The van der Waals surface area contributed by atoms with Crippen LogP contribution in [0.15, 0.2) is 35.3 Å². The van der Waals surface area contributed by atoms with Crippen molar-refractivity contribution in [2.45, 2.75) is 59.4 Å². The van der Waals surface area contributed by atoms with Crippen LogP contribution in [0, 0.1) is 0 Å². The van der Waals surface area contributed by atoms with Crippen LogP contribution in [0.1, 0.15) is 63.7 Å². The molecule has 1 aromatic heterocycles. The molecular formula is C21H30ClN3O2. The second-order valence-corrected chi connectivity index (χ2v) is 7.05. The number of allylic oxidation sites excluding steroid dienone is 1. The number of pyridine rings is 1. The van der Waals surface area contributed by atoms with Gasteiger partial charge < -0.3 is 9.75 Å². The number of hydrogen-bond donors (Lipinski definition) is 1. The predicted molar refractivity (Wildman–Crippen MR) is 110 cm³/mol. The summed E-state index contributed by atoms with van der Waals surface area (Å²) in [5.74, 6) is 0.444. The van der Waals surface area contributed by atoms with E-state index in [2.05, 4.69) is 35.3 Å². The first-order valence-corrected chi connectivity index (χ1v) is 10.1. The summed E-state index contributed by atoms with van der Waals surface area (Å²) in [6, 6.07) is 0.393. The number of nitrogens with one attached hydrogen (secondary N) is 1. The zero-order valence-corrected chi connectivity index (χ0v) is 17.5. The van der Waals surface area contributed by atoms with Gasteiger partial charge >= 0.3 is 0 Å². The van der Waals surface area contributed by atoms with E-state index in [0.717, 1.165) is 25.7 Å². The van der Waals surface area contributed by atoms with E-state index in [1.165, 1.54) is 35.9 Å². The summed E-state index contributed by atoms with van der Waals surface area (Å²) in [5.41, 5.74) is 7.71. The molecular weight excluding hydrogens is 362 g/mol. The number of carbonyl (C=O) groups excluding carboxylic acids is 1. The lowest BCUT2D eigenvalue weighted by molar-refractivity contribution is 0.112. The highest BCUT2D eigenvalue weighted by atomic mass is 35.5. The van der Waals surface area contributed by atoms with Crippen LogP contribution in [-0.2, 0) is 0 Å². The van der Waals surface area contributed by atoms with Gasteiger partial charge in [0.1, 0.15) is 12.4 Å². The molecule has 5 nitrogen and oxygen atoms in total. The molecule has 6 heteroatoms. The first kappa shape index (κ1) is 21.5. The van der Waals surface area contributed by atoms with E-state index in [1.807, 2.05) is 13.8 Å². The second kappa shape index (κ2) is 10.5. The third-order valence-electron chi connectivity index (χ3n) is 4.65. The number of carbonyl (C=O) groups is 1. The maximum atomic E-state index is 11.3. The molecule has 2 aliphatic rings. The highest BCUT2D eigenvalue weighted by Crippen LogP contribution is 2.34. The Bertz CT molecular complexity index is 713. The molecule has 0 unspecified atom stereocenters. The van der Waals surface area contributed by atoms with Crippen molar-refractivity contribution in [3.63, 3.8) is 0 Å². The van der Waals surface area contributed by atoms with Crippen LogP contribution in [0.2, 0.25) is 5.02 Å². The first-order chi connectivity index (χ1) is 13.1. The van der Waals surface area contributed by atoms with Gasteiger partial charge in [0.05, 0.1) is 22.5 Å². The Labute approximate surface area is 167 Å². The fourth-order valence-corrected chi connectivity index (χ4v) is 3.61. The van der Waals surface area contributed by atoms with Gasteiger partial charge in [-0.15, -0.1) is 0 Å². The van der Waals surface area contributed by atoms with Crippen LogP contribution in [0.4, 0.5) is 0 Å². The molecule has 1 N–H and O–H groups in total. The van der Waals surface area contributed by atoms with E-state index in [9.17, 15) is 4.79 Å². The second-order valence-electron chi connectivity index (χ2n) is 6.64. The lowest BCUT2D eigenvalue weighted by Gasteiger charge is -2.31. The predicted octanol–water partition coefficient (Wildman–Crippen LogP) is 4.94. The van der Waals surface area contributed by atoms with Crippen molar-refractivity contribution in [2.75, 3.05) is 13.2 Å². The Morgan fingerprint density at radius 1 is 1.30 bits per heavy atom. The number of aromatic nitrogens is 1. The minimum atomic E-state index is 0.319. The number of hydrogen-bond acceptors (Lipinski definition) is 5. The quantitative estimate of drug-likeness (QED) is 0.696. The van der Waals surface area contributed by atoms with Crippen molar-refractivity contribution in [3.8, 4) is 5.75 Å². The zero-order chi connectivity index (χ0) is 19.8. The standard InChI is InChI=1S/C19H24ClN3O2.C2H6/c1-13(2)23-18(7-8-22-23)15-6-4-3-5-14(15)12-25-19-10-21-9-17(20)16(19)11-24;1-2/h7,9-11,13,22H,3-6,8,12H2,1-2H3;1-2H3. The van der Waals surface area contributed by atoms with Gasteiger partial charge in [0.25, 0.3) is 0 Å². The molecule has 1 aliphatic carbocycles. The summed E-state index contributed by atoms with van der Waals surface area (Å²) in [6.07, 6.45) is 10.4. The monoisotopic (exact) mass is 391 g/mol. The SMILES string of the molecule is CC.CC(C)N1NCC=C1C1=C(COc2cncc(Cl)c2C=O)CCCC1. The molecule has 1 aliphatic heterocycles. The normalized spacial score (nSPS) is 16.8. The summed E-state index contributed by atoms with van der Waals surface area (Å²) in [6.45, 7) is 9.68. The number of aldehydes is 1. The third-order valence-corrected chi connectivity index (χ3v) is 4.95. The molecule has 0 fully saturated rings. The van der Waals surface area contributed by atoms with Gasteiger partial charge in [-0.25, -0.2) is 5.43 Å². The number of hydrazine groups is 1. The Morgan fingerprint density at radius 3 is 2.74 bits per heavy atom. The van der Waals surface area contributed by atoms with Crippen molar-refractivity contribution in [3.05, 3.63) is 45.9 Å². The maximum absolute atomic E-state index is 11.3. The van der Waals surface area contributed by atoms with E-state index in [4.69, 9.17) is 16.3 Å². The average Bonchev–Trinajstić information content (AvgIpc) is 3.18. The number of rotatable bonds is 6. The van der Waals surface area contributed by atoms with Gasteiger partial charge in [-0.2, -0.15) is 0 Å². The molecule has 0 atom stereocenters. The van der Waals surface area contributed by atoms with Crippen molar-refractivity contribution in [1.29, 1.82) is 0 Å². The van der Waals surface area contributed by atoms with E-state index in [-0.39, 0.29) is 0 Å². The molecule has 0 saturated heterocycles. The lowest BCUT2D eigenvalue weighted by Crippen LogP contribution is -2.38. The van der Waals surface area contributed by atoms with Gasteiger partial charge in [0.15, 0.2) is 6.29 Å². The number of ether oxygens (including phenoxy) is 1. The molecule has 3 rings (SSSR count). The Hall–Kier alpha value is -1.85. The van der Waals surface area contributed by atoms with Crippen LogP contribution < -0.4 is 10.2 Å². The maximum Gasteiger partial charge on any atom is 0.155 e.